The molecule has 0 heterocycles. The molecule has 0 spiro atoms. The number of nitrogens with one attached hydrogen (secondary N) is 1. The van der Waals surface area contributed by atoms with E-state index in [9.17, 15) is 0 Å². The molecule has 0 saturated carbocycles. The molecule has 2 nitrogen and oxygen atoms in total. The molecule has 0 amide bonds. The van der Waals surface area contributed by atoms with Crippen molar-refractivity contribution in [3.63, 3.8) is 0 Å². The first-order valence-corrected chi connectivity index (χ1v) is 8.62. The predicted molar refractivity (Wildman–Crippen MR) is 102 cm³/mol. The molecule has 3 aromatic carbocycles. The van der Waals surface area contributed by atoms with Crippen LogP contribution in [0.5, 0.6) is 5.75 Å². The molecule has 24 heavy (non-hydrogen) atoms. The van der Waals surface area contributed by atoms with E-state index in [1.807, 2.05) is 6.92 Å². The third-order valence-electron chi connectivity index (χ3n) is 4.44. The second-order valence-electron chi connectivity index (χ2n) is 6.20. The van der Waals surface area contributed by atoms with E-state index in [0.717, 1.165) is 12.3 Å². The largest absolute Gasteiger partial charge is 0.494 e. The number of hydrogen-bond donors (Lipinski definition) is 1. The van der Waals surface area contributed by atoms with Gasteiger partial charge in [-0.2, -0.15) is 0 Å². The minimum Gasteiger partial charge on any atom is -0.494 e. The first-order valence-electron chi connectivity index (χ1n) is 8.62. The van der Waals surface area contributed by atoms with Crippen LogP contribution in [0.3, 0.4) is 0 Å². The van der Waals surface area contributed by atoms with E-state index in [-0.39, 0.29) is 0 Å². The third-order valence-corrected chi connectivity index (χ3v) is 4.44. The van der Waals surface area contributed by atoms with Crippen molar-refractivity contribution in [1.29, 1.82) is 0 Å². The van der Waals surface area contributed by atoms with Gasteiger partial charge in [-0.15, -0.1) is 0 Å². The van der Waals surface area contributed by atoms with Crippen molar-refractivity contribution in [3.8, 4) is 5.75 Å². The fraction of sp³-hybridized carbons (Fsp3) is 0.273. The summed E-state index contributed by atoms with van der Waals surface area (Å²) in [4.78, 5) is 0. The Morgan fingerprint density at radius 1 is 1.00 bits per heavy atom. The highest BCUT2D eigenvalue weighted by atomic mass is 16.5. The lowest BCUT2D eigenvalue weighted by Crippen LogP contribution is -2.18. The van der Waals surface area contributed by atoms with Gasteiger partial charge >= 0.3 is 0 Å². The molecule has 0 radical (unpaired) electrons. The summed E-state index contributed by atoms with van der Waals surface area (Å²) in [7, 11) is 0. The zero-order valence-electron chi connectivity index (χ0n) is 14.7. The van der Waals surface area contributed by atoms with Crippen molar-refractivity contribution in [2.75, 3.05) is 6.61 Å². The Morgan fingerprint density at radius 2 is 1.79 bits per heavy atom. The van der Waals surface area contributed by atoms with Crippen molar-refractivity contribution < 1.29 is 4.74 Å². The molecule has 0 fully saturated rings. The molecule has 0 aromatic heterocycles. The molecular formula is C22H25NO. The average Bonchev–Trinajstić information content (AvgIpc) is 2.61. The summed E-state index contributed by atoms with van der Waals surface area (Å²) in [6, 6.07) is 21.8. The van der Waals surface area contributed by atoms with E-state index < -0.39 is 0 Å². The summed E-state index contributed by atoms with van der Waals surface area (Å²) in [5.41, 5.74) is 3.81. The summed E-state index contributed by atoms with van der Waals surface area (Å²) in [5, 5.41) is 6.26. The molecule has 0 aliphatic carbocycles. The van der Waals surface area contributed by atoms with Gasteiger partial charge in [0.25, 0.3) is 0 Å². The van der Waals surface area contributed by atoms with Crippen LogP contribution in [0.1, 0.15) is 36.6 Å². The Morgan fingerprint density at radius 3 is 2.58 bits per heavy atom. The average molecular weight is 319 g/mol. The quantitative estimate of drug-likeness (QED) is 0.657. The Bertz CT molecular complexity index is 820. The Labute approximate surface area is 144 Å². The number of ether oxygens (including phenoxy) is 1. The van der Waals surface area contributed by atoms with Crippen LogP contribution in [0.4, 0.5) is 0 Å². The summed E-state index contributed by atoms with van der Waals surface area (Å²) in [5.74, 6) is 0.975. The van der Waals surface area contributed by atoms with Crippen molar-refractivity contribution in [3.05, 3.63) is 77.4 Å². The highest BCUT2D eigenvalue weighted by molar-refractivity contribution is 5.86. The SMILES string of the molecule is CCOc1ccc(CNC(C)c2cccc3ccccc23)cc1C. The van der Waals surface area contributed by atoms with Gasteiger partial charge in [0.05, 0.1) is 6.61 Å². The molecule has 2 heteroatoms. The van der Waals surface area contributed by atoms with E-state index >= 15 is 0 Å². The van der Waals surface area contributed by atoms with E-state index in [1.165, 1.54) is 27.5 Å². The van der Waals surface area contributed by atoms with Crippen molar-refractivity contribution in [2.24, 2.45) is 0 Å². The highest BCUT2D eigenvalue weighted by Gasteiger charge is 2.09. The maximum atomic E-state index is 5.61. The maximum absolute atomic E-state index is 5.61. The van der Waals surface area contributed by atoms with Gasteiger partial charge in [-0.1, -0.05) is 54.6 Å². The first kappa shape index (κ1) is 16.5. The lowest BCUT2D eigenvalue weighted by Gasteiger charge is -2.17. The van der Waals surface area contributed by atoms with Crippen LogP contribution in [-0.2, 0) is 6.54 Å². The molecule has 0 bridgehead atoms. The van der Waals surface area contributed by atoms with E-state index in [4.69, 9.17) is 4.74 Å². The third kappa shape index (κ3) is 3.60. The van der Waals surface area contributed by atoms with E-state index in [1.54, 1.807) is 0 Å². The Hall–Kier alpha value is -2.32. The summed E-state index contributed by atoms with van der Waals surface area (Å²) >= 11 is 0. The minimum atomic E-state index is 0.294. The van der Waals surface area contributed by atoms with Crippen molar-refractivity contribution in [1.82, 2.24) is 5.32 Å². The van der Waals surface area contributed by atoms with E-state index in [2.05, 4.69) is 79.8 Å². The van der Waals surface area contributed by atoms with Gasteiger partial charge in [-0.3, -0.25) is 0 Å². The smallest absolute Gasteiger partial charge is 0.122 e. The minimum absolute atomic E-state index is 0.294. The van der Waals surface area contributed by atoms with Crippen LogP contribution in [-0.4, -0.2) is 6.61 Å². The number of fused-ring (bicyclic) bond motifs is 1. The first-order chi connectivity index (χ1) is 11.7. The molecule has 0 aliphatic heterocycles. The van der Waals surface area contributed by atoms with Crippen LogP contribution in [0.2, 0.25) is 0 Å². The topological polar surface area (TPSA) is 21.3 Å². The molecule has 1 atom stereocenters. The molecule has 1 unspecified atom stereocenters. The van der Waals surface area contributed by atoms with Crippen molar-refractivity contribution >= 4 is 10.8 Å². The Kier molecular flexibility index (Phi) is 5.17. The van der Waals surface area contributed by atoms with Gasteiger partial charge in [-0.25, -0.2) is 0 Å². The lowest BCUT2D eigenvalue weighted by atomic mass is 9.99. The fourth-order valence-electron chi connectivity index (χ4n) is 3.15. The Balaban J connectivity index is 1.73. The number of rotatable bonds is 6. The van der Waals surface area contributed by atoms with Gasteiger partial charge in [0.1, 0.15) is 5.75 Å². The zero-order valence-corrected chi connectivity index (χ0v) is 14.7. The summed E-state index contributed by atoms with van der Waals surface area (Å²) < 4.78 is 5.61. The van der Waals surface area contributed by atoms with Crippen LogP contribution in [0.15, 0.2) is 60.7 Å². The zero-order chi connectivity index (χ0) is 16.9. The van der Waals surface area contributed by atoms with Gasteiger partial charge in [0.15, 0.2) is 0 Å². The van der Waals surface area contributed by atoms with Crippen molar-refractivity contribution in [2.45, 2.75) is 33.4 Å². The van der Waals surface area contributed by atoms with Gasteiger partial charge in [-0.05, 0) is 54.3 Å². The number of aryl methyl sites for hydroxylation is 1. The summed E-state index contributed by atoms with van der Waals surface area (Å²) in [6.07, 6.45) is 0. The van der Waals surface area contributed by atoms with Gasteiger partial charge in [0.2, 0.25) is 0 Å². The molecule has 0 aliphatic rings. The summed E-state index contributed by atoms with van der Waals surface area (Å²) in [6.45, 7) is 7.89. The second-order valence-corrected chi connectivity index (χ2v) is 6.20. The second kappa shape index (κ2) is 7.50. The molecular weight excluding hydrogens is 294 g/mol. The standard InChI is InChI=1S/C22H25NO/c1-4-24-22-13-12-18(14-16(22)2)15-23-17(3)20-11-7-9-19-8-5-6-10-21(19)20/h5-14,17,23H,4,15H2,1-3H3. The van der Waals surface area contributed by atoms with Gasteiger partial charge in [0, 0.05) is 12.6 Å². The number of hydrogen-bond acceptors (Lipinski definition) is 2. The normalized spacial score (nSPS) is 12.3. The van der Waals surface area contributed by atoms with Crippen LogP contribution in [0.25, 0.3) is 10.8 Å². The van der Waals surface area contributed by atoms with Crippen LogP contribution in [0, 0.1) is 6.92 Å². The maximum Gasteiger partial charge on any atom is 0.122 e. The van der Waals surface area contributed by atoms with Gasteiger partial charge < -0.3 is 10.1 Å². The molecule has 3 aromatic rings. The lowest BCUT2D eigenvalue weighted by molar-refractivity contribution is 0.337. The molecule has 0 saturated heterocycles. The molecule has 1 N–H and O–H groups in total. The fourth-order valence-corrected chi connectivity index (χ4v) is 3.15. The van der Waals surface area contributed by atoms with E-state index in [0.29, 0.717) is 12.6 Å². The van der Waals surface area contributed by atoms with Crippen LogP contribution < -0.4 is 10.1 Å². The van der Waals surface area contributed by atoms with Crippen LogP contribution >= 0.6 is 0 Å². The molecule has 3 rings (SSSR count). The monoisotopic (exact) mass is 319 g/mol. The molecule has 124 valence electrons. The predicted octanol–water partition coefficient (Wildman–Crippen LogP) is 5.40. The highest BCUT2D eigenvalue weighted by Crippen LogP contribution is 2.25. The number of benzene rings is 3.